The van der Waals surface area contributed by atoms with Crippen molar-refractivity contribution in [3.63, 3.8) is 0 Å². The van der Waals surface area contributed by atoms with Crippen molar-refractivity contribution in [1.82, 2.24) is 5.32 Å². The quantitative estimate of drug-likeness (QED) is 0.570. The number of rotatable bonds is 5. The molecular formula is C16H19N3O3. The highest BCUT2D eigenvalue weighted by Gasteiger charge is 2.17. The fourth-order valence-corrected chi connectivity index (χ4v) is 2.04. The van der Waals surface area contributed by atoms with Gasteiger partial charge in [-0.15, -0.1) is 0 Å². The Labute approximate surface area is 129 Å². The van der Waals surface area contributed by atoms with Gasteiger partial charge in [0.2, 0.25) is 0 Å². The summed E-state index contributed by atoms with van der Waals surface area (Å²) in [4.78, 5) is 22.5. The molecule has 3 N–H and O–H groups in total. The zero-order valence-corrected chi connectivity index (χ0v) is 13.0. The molecule has 1 aromatic rings. The van der Waals surface area contributed by atoms with E-state index in [2.05, 4.69) is 10.6 Å². The monoisotopic (exact) mass is 301 g/mol. The predicted octanol–water partition coefficient (Wildman–Crippen LogP) is 2.02. The maximum absolute atomic E-state index is 11.8. The third kappa shape index (κ3) is 4.35. The molecule has 0 aromatic heterocycles. The summed E-state index contributed by atoms with van der Waals surface area (Å²) >= 11 is 0. The first kappa shape index (κ1) is 17.2. The van der Waals surface area contributed by atoms with E-state index in [1.807, 2.05) is 32.9 Å². The molecule has 0 fully saturated rings. The lowest BCUT2D eigenvalue weighted by Crippen LogP contribution is -2.39. The van der Waals surface area contributed by atoms with Crippen LogP contribution in [0.25, 0.3) is 0 Å². The number of hydrogen-bond acceptors (Lipinski definition) is 4. The van der Waals surface area contributed by atoms with E-state index in [9.17, 15) is 9.59 Å². The third-order valence-electron chi connectivity index (χ3n) is 3.12. The van der Waals surface area contributed by atoms with Crippen molar-refractivity contribution in [2.45, 2.75) is 33.7 Å². The van der Waals surface area contributed by atoms with Gasteiger partial charge < -0.3 is 15.7 Å². The number of carboxylic acid groups (broad SMARTS) is 1. The molecule has 0 radical (unpaired) electrons. The second-order valence-electron chi connectivity index (χ2n) is 5.12. The number of carbonyl (C=O) groups is 2. The smallest absolute Gasteiger partial charge is 0.325 e. The molecule has 0 aliphatic rings. The molecule has 1 unspecified atom stereocenters. The lowest BCUT2D eigenvalue weighted by molar-refractivity contribution is -0.140. The Balaban J connectivity index is 2.94. The Morgan fingerprint density at radius 2 is 1.82 bits per heavy atom. The standard InChI is InChI=1S/C16H19N3O3/c1-9-5-10(2)14(11(3)6-9)18-8-13(7-17)15(20)19-12(4)16(21)22/h5-6,8,12,18H,1-4H3,(H,19,20)(H,21,22)/b13-8-. The van der Waals surface area contributed by atoms with Gasteiger partial charge in [0.15, 0.2) is 0 Å². The summed E-state index contributed by atoms with van der Waals surface area (Å²) in [5.41, 5.74) is 3.73. The summed E-state index contributed by atoms with van der Waals surface area (Å²) in [5.74, 6) is -1.89. The number of aliphatic carboxylic acids is 1. The highest BCUT2D eigenvalue weighted by atomic mass is 16.4. The van der Waals surface area contributed by atoms with Crippen LogP contribution in [0, 0.1) is 32.1 Å². The maximum atomic E-state index is 11.8. The number of carbonyl (C=O) groups excluding carboxylic acids is 1. The molecule has 116 valence electrons. The van der Waals surface area contributed by atoms with Crippen molar-refractivity contribution in [3.8, 4) is 6.07 Å². The molecule has 0 spiro atoms. The van der Waals surface area contributed by atoms with Crippen LogP contribution < -0.4 is 10.6 Å². The topological polar surface area (TPSA) is 102 Å². The summed E-state index contributed by atoms with van der Waals surface area (Å²) in [6.45, 7) is 7.17. The Bertz CT molecular complexity index is 649. The van der Waals surface area contributed by atoms with Gasteiger partial charge in [0.25, 0.3) is 5.91 Å². The molecule has 22 heavy (non-hydrogen) atoms. The Hall–Kier alpha value is -2.81. The zero-order valence-electron chi connectivity index (χ0n) is 13.0. The molecule has 1 rings (SSSR count). The maximum Gasteiger partial charge on any atom is 0.325 e. The summed E-state index contributed by atoms with van der Waals surface area (Å²) in [7, 11) is 0. The average Bonchev–Trinajstić information content (AvgIpc) is 2.41. The molecule has 0 bridgehead atoms. The van der Waals surface area contributed by atoms with Crippen molar-refractivity contribution in [2.75, 3.05) is 5.32 Å². The summed E-state index contributed by atoms with van der Waals surface area (Å²) in [6.07, 6.45) is 1.29. The van der Waals surface area contributed by atoms with Gasteiger partial charge in [0, 0.05) is 11.9 Å². The fraction of sp³-hybridized carbons (Fsp3) is 0.312. The minimum absolute atomic E-state index is 0.188. The van der Waals surface area contributed by atoms with Gasteiger partial charge in [-0.3, -0.25) is 9.59 Å². The number of nitrogens with zero attached hydrogens (tertiary/aromatic N) is 1. The second kappa shape index (κ2) is 7.27. The molecule has 0 saturated heterocycles. The molecule has 6 heteroatoms. The number of aryl methyl sites for hydroxylation is 3. The third-order valence-corrected chi connectivity index (χ3v) is 3.12. The molecule has 0 saturated carbocycles. The Morgan fingerprint density at radius 3 is 2.27 bits per heavy atom. The predicted molar refractivity (Wildman–Crippen MR) is 83.2 cm³/mol. The van der Waals surface area contributed by atoms with Crippen LogP contribution in [-0.4, -0.2) is 23.0 Å². The lowest BCUT2D eigenvalue weighted by atomic mass is 10.1. The average molecular weight is 301 g/mol. The van der Waals surface area contributed by atoms with Gasteiger partial charge in [-0.1, -0.05) is 17.7 Å². The number of anilines is 1. The molecule has 1 amide bonds. The normalized spacial score (nSPS) is 12.2. The number of amides is 1. The van der Waals surface area contributed by atoms with E-state index in [0.29, 0.717) is 0 Å². The van der Waals surface area contributed by atoms with Crippen LogP contribution in [0.2, 0.25) is 0 Å². The van der Waals surface area contributed by atoms with E-state index in [4.69, 9.17) is 10.4 Å². The van der Waals surface area contributed by atoms with Crippen molar-refractivity contribution >= 4 is 17.6 Å². The largest absolute Gasteiger partial charge is 0.480 e. The van der Waals surface area contributed by atoms with Crippen molar-refractivity contribution in [2.24, 2.45) is 0 Å². The first-order chi connectivity index (χ1) is 10.3. The molecule has 0 aliphatic heterocycles. The van der Waals surface area contributed by atoms with Crippen molar-refractivity contribution < 1.29 is 14.7 Å². The van der Waals surface area contributed by atoms with Crippen molar-refractivity contribution in [3.05, 3.63) is 40.6 Å². The Kier molecular flexibility index (Phi) is 5.70. The van der Waals surface area contributed by atoms with Gasteiger partial charge in [-0.05, 0) is 38.8 Å². The van der Waals surface area contributed by atoms with Gasteiger partial charge in [0.1, 0.15) is 17.7 Å². The summed E-state index contributed by atoms with van der Waals surface area (Å²) in [6, 6.07) is 4.67. The Morgan fingerprint density at radius 1 is 1.27 bits per heavy atom. The number of hydrogen-bond donors (Lipinski definition) is 3. The number of carboxylic acids is 1. The highest BCUT2D eigenvalue weighted by Crippen LogP contribution is 2.22. The molecule has 6 nitrogen and oxygen atoms in total. The van der Waals surface area contributed by atoms with E-state index in [-0.39, 0.29) is 5.57 Å². The SMILES string of the molecule is Cc1cc(C)c(N/C=C(/C#N)C(=O)NC(C)C(=O)O)c(C)c1. The summed E-state index contributed by atoms with van der Waals surface area (Å²) in [5, 5.41) is 23.0. The molecule has 1 aromatic carbocycles. The van der Waals surface area contributed by atoms with Crippen LogP contribution >= 0.6 is 0 Å². The minimum Gasteiger partial charge on any atom is -0.480 e. The first-order valence-corrected chi connectivity index (χ1v) is 6.74. The first-order valence-electron chi connectivity index (χ1n) is 6.74. The highest BCUT2D eigenvalue weighted by molar-refractivity contribution is 5.99. The molecular weight excluding hydrogens is 282 g/mol. The number of nitrogens with one attached hydrogen (secondary N) is 2. The number of nitriles is 1. The molecule has 0 heterocycles. The van der Waals surface area contributed by atoms with Gasteiger partial charge in [-0.25, -0.2) is 0 Å². The molecule has 1 atom stereocenters. The van der Waals surface area contributed by atoms with Crippen LogP contribution in [0.15, 0.2) is 23.9 Å². The van der Waals surface area contributed by atoms with Crippen molar-refractivity contribution in [1.29, 1.82) is 5.26 Å². The van der Waals surface area contributed by atoms with Crippen LogP contribution in [0.5, 0.6) is 0 Å². The van der Waals surface area contributed by atoms with Crippen LogP contribution in [-0.2, 0) is 9.59 Å². The second-order valence-corrected chi connectivity index (χ2v) is 5.12. The van der Waals surface area contributed by atoms with Gasteiger partial charge >= 0.3 is 5.97 Å². The zero-order chi connectivity index (χ0) is 16.9. The van der Waals surface area contributed by atoms with E-state index in [1.165, 1.54) is 13.1 Å². The lowest BCUT2D eigenvalue weighted by Gasteiger charge is -2.12. The van der Waals surface area contributed by atoms with E-state index in [1.54, 1.807) is 6.07 Å². The van der Waals surface area contributed by atoms with E-state index in [0.717, 1.165) is 22.4 Å². The molecule has 0 aliphatic carbocycles. The van der Waals surface area contributed by atoms with Crippen LogP contribution in [0.4, 0.5) is 5.69 Å². The van der Waals surface area contributed by atoms with Gasteiger partial charge in [0.05, 0.1) is 0 Å². The van der Waals surface area contributed by atoms with E-state index >= 15 is 0 Å². The van der Waals surface area contributed by atoms with Crippen LogP contribution in [0.1, 0.15) is 23.6 Å². The summed E-state index contributed by atoms with van der Waals surface area (Å²) < 4.78 is 0. The fourth-order valence-electron chi connectivity index (χ4n) is 2.04. The van der Waals surface area contributed by atoms with Gasteiger partial charge in [-0.2, -0.15) is 5.26 Å². The van der Waals surface area contributed by atoms with Crippen LogP contribution in [0.3, 0.4) is 0 Å². The van der Waals surface area contributed by atoms with E-state index < -0.39 is 17.9 Å². The minimum atomic E-state index is -1.16. The number of benzene rings is 1.